The van der Waals surface area contributed by atoms with Crippen LogP contribution in [0.5, 0.6) is 0 Å². The molecule has 0 aliphatic rings. The lowest BCUT2D eigenvalue weighted by molar-refractivity contribution is -0.119. The SMILES string of the molecule is CCNC(=O)CNc1cc(C(=O)O)cc(Cl)n1. The van der Waals surface area contributed by atoms with E-state index < -0.39 is 5.97 Å². The maximum absolute atomic E-state index is 11.2. The molecule has 0 aromatic carbocycles. The molecule has 0 bridgehead atoms. The third-order valence-corrected chi connectivity index (χ3v) is 2.04. The molecule has 0 fully saturated rings. The summed E-state index contributed by atoms with van der Waals surface area (Å²) in [5.41, 5.74) is 0.0170. The fourth-order valence-corrected chi connectivity index (χ4v) is 1.35. The van der Waals surface area contributed by atoms with Gasteiger partial charge in [0.25, 0.3) is 0 Å². The Labute approximate surface area is 103 Å². The Bertz CT molecular complexity index is 437. The van der Waals surface area contributed by atoms with Crippen LogP contribution in [-0.4, -0.2) is 35.1 Å². The highest BCUT2D eigenvalue weighted by Gasteiger charge is 2.08. The van der Waals surface area contributed by atoms with Gasteiger partial charge in [0.1, 0.15) is 11.0 Å². The monoisotopic (exact) mass is 257 g/mol. The van der Waals surface area contributed by atoms with Gasteiger partial charge in [-0.3, -0.25) is 4.79 Å². The van der Waals surface area contributed by atoms with Crippen LogP contribution in [-0.2, 0) is 4.79 Å². The van der Waals surface area contributed by atoms with E-state index in [2.05, 4.69) is 15.6 Å². The number of carboxylic acid groups (broad SMARTS) is 1. The average Bonchev–Trinajstić information content (AvgIpc) is 2.26. The number of likely N-dealkylation sites (N-methyl/N-ethyl adjacent to an activating group) is 1. The van der Waals surface area contributed by atoms with Crippen molar-refractivity contribution in [3.05, 3.63) is 22.8 Å². The number of hydrogen-bond donors (Lipinski definition) is 3. The van der Waals surface area contributed by atoms with Crippen molar-refractivity contribution in [2.24, 2.45) is 0 Å². The van der Waals surface area contributed by atoms with Gasteiger partial charge in [-0.2, -0.15) is 0 Å². The molecule has 6 nitrogen and oxygen atoms in total. The van der Waals surface area contributed by atoms with Crippen LogP contribution in [0.25, 0.3) is 0 Å². The second kappa shape index (κ2) is 6.05. The van der Waals surface area contributed by atoms with Crippen LogP contribution < -0.4 is 10.6 Å². The number of aromatic nitrogens is 1. The maximum atomic E-state index is 11.2. The number of carbonyl (C=O) groups is 2. The number of rotatable bonds is 5. The minimum atomic E-state index is -1.10. The Kier molecular flexibility index (Phi) is 4.71. The zero-order valence-electron chi connectivity index (χ0n) is 9.16. The molecule has 0 radical (unpaired) electrons. The second-order valence-corrected chi connectivity index (χ2v) is 3.56. The Morgan fingerprint density at radius 3 is 2.76 bits per heavy atom. The predicted molar refractivity (Wildman–Crippen MR) is 63.4 cm³/mol. The molecule has 17 heavy (non-hydrogen) atoms. The van der Waals surface area contributed by atoms with Gasteiger partial charge in [-0.25, -0.2) is 9.78 Å². The molecule has 0 saturated heterocycles. The normalized spacial score (nSPS) is 9.76. The van der Waals surface area contributed by atoms with Crippen LogP contribution in [0.3, 0.4) is 0 Å². The minimum Gasteiger partial charge on any atom is -0.478 e. The number of anilines is 1. The highest BCUT2D eigenvalue weighted by atomic mass is 35.5. The van der Waals surface area contributed by atoms with Crippen LogP contribution in [0.15, 0.2) is 12.1 Å². The van der Waals surface area contributed by atoms with E-state index in [0.29, 0.717) is 6.54 Å². The molecule has 1 aromatic heterocycles. The second-order valence-electron chi connectivity index (χ2n) is 3.18. The molecule has 1 aromatic rings. The molecule has 0 aliphatic carbocycles. The smallest absolute Gasteiger partial charge is 0.335 e. The van der Waals surface area contributed by atoms with Crippen molar-refractivity contribution >= 4 is 29.3 Å². The fraction of sp³-hybridized carbons (Fsp3) is 0.300. The van der Waals surface area contributed by atoms with E-state index in [0.717, 1.165) is 0 Å². The summed E-state index contributed by atoms with van der Waals surface area (Å²) in [7, 11) is 0. The van der Waals surface area contributed by atoms with Crippen LogP contribution in [0, 0.1) is 0 Å². The summed E-state index contributed by atoms with van der Waals surface area (Å²) in [5.74, 6) is -1.05. The molecule has 0 atom stereocenters. The van der Waals surface area contributed by atoms with Crippen molar-refractivity contribution in [2.45, 2.75) is 6.92 Å². The summed E-state index contributed by atoms with van der Waals surface area (Å²) in [6.45, 7) is 2.35. The van der Waals surface area contributed by atoms with Crippen molar-refractivity contribution in [3.8, 4) is 0 Å². The van der Waals surface area contributed by atoms with E-state index in [1.807, 2.05) is 0 Å². The minimum absolute atomic E-state index is 0.0141. The lowest BCUT2D eigenvalue weighted by atomic mass is 10.2. The van der Waals surface area contributed by atoms with Crippen LogP contribution in [0.1, 0.15) is 17.3 Å². The van der Waals surface area contributed by atoms with E-state index in [9.17, 15) is 9.59 Å². The van der Waals surface area contributed by atoms with Crippen molar-refractivity contribution < 1.29 is 14.7 Å². The summed E-state index contributed by atoms with van der Waals surface area (Å²) in [5, 5.41) is 14.1. The van der Waals surface area contributed by atoms with Gasteiger partial charge in [0.05, 0.1) is 12.1 Å². The quantitative estimate of drug-likeness (QED) is 0.684. The highest BCUT2D eigenvalue weighted by molar-refractivity contribution is 6.29. The van der Waals surface area contributed by atoms with Crippen LogP contribution >= 0.6 is 11.6 Å². The number of nitrogens with zero attached hydrogens (tertiary/aromatic N) is 1. The Morgan fingerprint density at radius 1 is 1.47 bits per heavy atom. The Balaban J connectivity index is 2.71. The van der Waals surface area contributed by atoms with Gasteiger partial charge in [-0.15, -0.1) is 0 Å². The third-order valence-electron chi connectivity index (χ3n) is 1.85. The lowest BCUT2D eigenvalue weighted by Crippen LogP contribution is -2.29. The molecule has 1 rings (SSSR count). The highest BCUT2D eigenvalue weighted by Crippen LogP contribution is 2.14. The van der Waals surface area contributed by atoms with Crippen molar-refractivity contribution in [3.63, 3.8) is 0 Å². The zero-order chi connectivity index (χ0) is 12.8. The van der Waals surface area contributed by atoms with Gasteiger partial charge in [0.15, 0.2) is 0 Å². The topological polar surface area (TPSA) is 91.3 Å². The number of carbonyl (C=O) groups excluding carboxylic acids is 1. The molecular weight excluding hydrogens is 246 g/mol. The van der Waals surface area contributed by atoms with E-state index in [-0.39, 0.29) is 29.0 Å². The summed E-state index contributed by atoms with van der Waals surface area (Å²) < 4.78 is 0. The summed E-state index contributed by atoms with van der Waals surface area (Å²) in [6.07, 6.45) is 0. The van der Waals surface area contributed by atoms with Gasteiger partial charge in [0.2, 0.25) is 5.91 Å². The number of amides is 1. The molecule has 0 aliphatic heterocycles. The number of pyridine rings is 1. The molecule has 0 saturated carbocycles. The molecular formula is C10H12ClN3O3. The summed E-state index contributed by atoms with van der Waals surface area (Å²) in [6, 6.07) is 2.55. The zero-order valence-corrected chi connectivity index (χ0v) is 9.91. The van der Waals surface area contributed by atoms with Gasteiger partial charge in [-0.05, 0) is 19.1 Å². The van der Waals surface area contributed by atoms with Crippen LogP contribution in [0.2, 0.25) is 5.15 Å². The van der Waals surface area contributed by atoms with E-state index in [1.165, 1.54) is 12.1 Å². The molecule has 1 amide bonds. The number of carboxylic acids is 1. The van der Waals surface area contributed by atoms with Crippen LogP contribution in [0.4, 0.5) is 5.82 Å². The average molecular weight is 258 g/mol. The van der Waals surface area contributed by atoms with Gasteiger partial charge < -0.3 is 15.7 Å². The summed E-state index contributed by atoms with van der Waals surface area (Å²) >= 11 is 5.66. The molecule has 0 unspecified atom stereocenters. The van der Waals surface area contributed by atoms with Gasteiger partial charge in [0, 0.05) is 6.54 Å². The molecule has 1 heterocycles. The Hall–Kier alpha value is -1.82. The molecule has 92 valence electrons. The van der Waals surface area contributed by atoms with Gasteiger partial charge in [-0.1, -0.05) is 11.6 Å². The van der Waals surface area contributed by atoms with Gasteiger partial charge >= 0.3 is 5.97 Å². The number of nitrogens with one attached hydrogen (secondary N) is 2. The maximum Gasteiger partial charge on any atom is 0.335 e. The Morgan fingerprint density at radius 2 is 2.18 bits per heavy atom. The third kappa shape index (κ3) is 4.28. The first-order chi connectivity index (χ1) is 8.02. The molecule has 0 spiro atoms. The molecule has 3 N–H and O–H groups in total. The standard InChI is InChI=1S/C10H12ClN3O3/c1-2-12-9(15)5-13-8-4-6(10(16)17)3-7(11)14-8/h3-4H,2,5H2,1H3,(H,12,15)(H,13,14)(H,16,17). The summed E-state index contributed by atoms with van der Waals surface area (Å²) in [4.78, 5) is 25.8. The first-order valence-corrected chi connectivity index (χ1v) is 5.32. The first kappa shape index (κ1) is 13.2. The largest absolute Gasteiger partial charge is 0.478 e. The van der Waals surface area contributed by atoms with Crippen molar-refractivity contribution in [1.29, 1.82) is 0 Å². The fourth-order valence-electron chi connectivity index (χ4n) is 1.14. The van der Waals surface area contributed by atoms with Crippen molar-refractivity contribution in [1.82, 2.24) is 10.3 Å². The first-order valence-electron chi connectivity index (χ1n) is 4.94. The van der Waals surface area contributed by atoms with E-state index in [1.54, 1.807) is 6.92 Å². The lowest BCUT2D eigenvalue weighted by Gasteiger charge is -2.06. The number of aromatic carboxylic acids is 1. The number of halogens is 1. The van der Waals surface area contributed by atoms with E-state index >= 15 is 0 Å². The van der Waals surface area contributed by atoms with E-state index in [4.69, 9.17) is 16.7 Å². The molecule has 7 heteroatoms. The van der Waals surface area contributed by atoms with Crippen molar-refractivity contribution in [2.75, 3.05) is 18.4 Å². The number of hydrogen-bond acceptors (Lipinski definition) is 4. The predicted octanol–water partition coefficient (Wildman–Crippen LogP) is 0.981.